The molecule has 0 atom stereocenters. The number of aldehydes is 1. The van der Waals surface area contributed by atoms with Crippen molar-refractivity contribution in [1.29, 1.82) is 0 Å². The molecule has 3 nitrogen and oxygen atoms in total. The van der Waals surface area contributed by atoms with Crippen LogP contribution in [0.15, 0.2) is 24.4 Å². The Hall–Kier alpha value is -1.77. The fourth-order valence-corrected chi connectivity index (χ4v) is 2.20. The van der Waals surface area contributed by atoms with Crippen molar-refractivity contribution in [2.24, 2.45) is 0 Å². The summed E-state index contributed by atoms with van der Waals surface area (Å²) in [6, 6.07) is 6.34. The fourth-order valence-electron chi connectivity index (χ4n) is 2.20. The Morgan fingerprint density at radius 2 is 2.18 bits per heavy atom. The van der Waals surface area contributed by atoms with Gasteiger partial charge < -0.3 is 14.1 Å². The average molecular weight is 231 g/mol. The maximum atomic E-state index is 10.7. The van der Waals surface area contributed by atoms with E-state index in [-0.39, 0.29) is 0 Å². The van der Waals surface area contributed by atoms with Crippen LogP contribution in [0.3, 0.4) is 0 Å². The first-order valence-corrected chi connectivity index (χ1v) is 5.79. The van der Waals surface area contributed by atoms with Crippen molar-refractivity contribution < 1.29 is 9.53 Å². The lowest BCUT2D eigenvalue weighted by molar-refractivity contribution is -0.107. The van der Waals surface area contributed by atoms with Crippen molar-refractivity contribution in [3.05, 3.63) is 30.0 Å². The molecule has 0 N–H and O–H groups in total. The van der Waals surface area contributed by atoms with Gasteiger partial charge in [-0.1, -0.05) is 6.07 Å². The molecule has 90 valence electrons. The number of fused-ring (bicyclic) bond motifs is 1. The van der Waals surface area contributed by atoms with Gasteiger partial charge in [0.15, 0.2) is 0 Å². The molecule has 0 unspecified atom stereocenters. The minimum atomic E-state index is 0.366. The first kappa shape index (κ1) is 11.7. The highest BCUT2D eigenvalue weighted by molar-refractivity contribution is 5.91. The number of aromatic nitrogens is 1. The molecule has 2 aromatic rings. The van der Waals surface area contributed by atoms with Crippen molar-refractivity contribution >= 4 is 17.2 Å². The molecule has 0 spiro atoms. The zero-order valence-corrected chi connectivity index (χ0v) is 10.4. The molecule has 0 saturated carbocycles. The average Bonchev–Trinajstić information content (AvgIpc) is 2.69. The molecule has 2 rings (SSSR count). The van der Waals surface area contributed by atoms with E-state index in [1.54, 1.807) is 7.11 Å². The van der Waals surface area contributed by atoms with Crippen LogP contribution in [0.4, 0.5) is 0 Å². The number of nitrogens with zero attached hydrogens (tertiary/aromatic N) is 1. The molecular formula is C14H17NO2. The zero-order valence-electron chi connectivity index (χ0n) is 10.4. The van der Waals surface area contributed by atoms with Crippen LogP contribution in [-0.2, 0) is 11.2 Å². The molecule has 0 fully saturated rings. The number of methoxy groups -OCH3 is 1. The summed E-state index contributed by atoms with van der Waals surface area (Å²) in [5.74, 6) is 0.832. The fraction of sp³-hybridized carbons (Fsp3) is 0.357. The molecule has 17 heavy (non-hydrogen) atoms. The normalized spacial score (nSPS) is 11.1. The molecule has 0 aliphatic heterocycles. The summed E-state index contributed by atoms with van der Waals surface area (Å²) >= 11 is 0. The zero-order chi connectivity index (χ0) is 12.4. The highest BCUT2D eigenvalue weighted by Gasteiger charge is 2.13. The Morgan fingerprint density at radius 3 is 2.76 bits per heavy atom. The van der Waals surface area contributed by atoms with E-state index in [1.165, 1.54) is 0 Å². The maximum absolute atomic E-state index is 10.7. The van der Waals surface area contributed by atoms with E-state index in [2.05, 4.69) is 24.5 Å². The highest BCUT2D eigenvalue weighted by Crippen LogP contribution is 2.32. The van der Waals surface area contributed by atoms with E-state index < -0.39 is 0 Å². The summed E-state index contributed by atoms with van der Waals surface area (Å²) in [7, 11) is 1.66. The van der Waals surface area contributed by atoms with Gasteiger partial charge in [-0.15, -0.1) is 0 Å². The lowest BCUT2D eigenvalue weighted by atomic mass is 10.1. The Balaban J connectivity index is 2.75. The van der Waals surface area contributed by atoms with Gasteiger partial charge in [-0.05, 0) is 31.5 Å². The van der Waals surface area contributed by atoms with E-state index in [9.17, 15) is 4.79 Å². The molecule has 0 saturated heterocycles. The first-order valence-electron chi connectivity index (χ1n) is 5.79. The minimum absolute atomic E-state index is 0.366. The Labute approximate surface area is 101 Å². The molecular weight excluding hydrogens is 214 g/mol. The second-order valence-corrected chi connectivity index (χ2v) is 4.38. The van der Waals surface area contributed by atoms with Gasteiger partial charge in [0, 0.05) is 24.0 Å². The molecule has 1 aromatic carbocycles. The van der Waals surface area contributed by atoms with Gasteiger partial charge in [0.1, 0.15) is 12.0 Å². The number of carbonyl (C=O) groups is 1. The maximum Gasteiger partial charge on any atom is 0.128 e. The lowest BCUT2D eigenvalue weighted by Gasteiger charge is -2.09. The van der Waals surface area contributed by atoms with Gasteiger partial charge in [-0.2, -0.15) is 0 Å². The third-order valence-electron chi connectivity index (χ3n) is 2.98. The lowest BCUT2D eigenvalue weighted by Crippen LogP contribution is -1.98. The van der Waals surface area contributed by atoms with Gasteiger partial charge >= 0.3 is 0 Å². The summed E-state index contributed by atoms with van der Waals surface area (Å²) in [5, 5.41) is 1.05. The quantitative estimate of drug-likeness (QED) is 0.757. The van der Waals surface area contributed by atoms with Crippen LogP contribution >= 0.6 is 0 Å². The van der Waals surface area contributed by atoms with Crippen LogP contribution in [0.1, 0.15) is 25.5 Å². The van der Waals surface area contributed by atoms with Crippen LogP contribution in [0.5, 0.6) is 5.75 Å². The molecule has 0 radical (unpaired) electrons. The van der Waals surface area contributed by atoms with Crippen LogP contribution < -0.4 is 4.74 Å². The molecule has 0 aliphatic carbocycles. The number of rotatable bonds is 4. The molecule has 1 aromatic heterocycles. The predicted octanol–water partition coefficient (Wildman–Crippen LogP) is 2.97. The first-order chi connectivity index (χ1) is 8.19. The van der Waals surface area contributed by atoms with Crippen molar-refractivity contribution in [1.82, 2.24) is 4.57 Å². The summed E-state index contributed by atoms with van der Waals surface area (Å²) in [6.07, 6.45) is 3.41. The van der Waals surface area contributed by atoms with Crippen LogP contribution in [0.25, 0.3) is 10.9 Å². The van der Waals surface area contributed by atoms with E-state index in [0.717, 1.165) is 28.5 Å². The molecule has 0 aliphatic rings. The van der Waals surface area contributed by atoms with Gasteiger partial charge in [0.2, 0.25) is 0 Å². The second-order valence-electron chi connectivity index (χ2n) is 4.38. The van der Waals surface area contributed by atoms with Crippen molar-refractivity contribution in [3.8, 4) is 5.75 Å². The van der Waals surface area contributed by atoms with Crippen molar-refractivity contribution in [2.45, 2.75) is 26.3 Å². The number of ether oxygens (including phenoxy) is 1. The van der Waals surface area contributed by atoms with Crippen LogP contribution in [0, 0.1) is 0 Å². The van der Waals surface area contributed by atoms with E-state index in [0.29, 0.717) is 12.5 Å². The highest BCUT2D eigenvalue weighted by atomic mass is 16.5. The van der Waals surface area contributed by atoms with Gasteiger partial charge in [0.05, 0.1) is 12.6 Å². The number of carbonyl (C=O) groups excluding carboxylic acids is 1. The standard InChI is InChI=1S/C14H17NO2/c1-10(2)15-9-11(7-8-16)14-12(15)5-4-6-13(14)17-3/h4-6,8-10H,7H2,1-3H3. The minimum Gasteiger partial charge on any atom is -0.496 e. The summed E-state index contributed by atoms with van der Waals surface area (Å²) in [4.78, 5) is 10.7. The Bertz CT molecular complexity index is 540. The smallest absolute Gasteiger partial charge is 0.128 e. The van der Waals surface area contributed by atoms with Crippen molar-refractivity contribution in [3.63, 3.8) is 0 Å². The van der Waals surface area contributed by atoms with Gasteiger partial charge in [-0.25, -0.2) is 0 Å². The van der Waals surface area contributed by atoms with Crippen LogP contribution in [0.2, 0.25) is 0 Å². The van der Waals surface area contributed by atoms with E-state index in [4.69, 9.17) is 4.74 Å². The van der Waals surface area contributed by atoms with E-state index >= 15 is 0 Å². The SMILES string of the molecule is COc1cccc2c1c(CC=O)cn2C(C)C. The number of hydrogen-bond acceptors (Lipinski definition) is 2. The molecule has 0 amide bonds. The summed E-state index contributed by atoms with van der Waals surface area (Å²) in [6.45, 7) is 4.26. The third kappa shape index (κ3) is 1.93. The van der Waals surface area contributed by atoms with Crippen LogP contribution in [-0.4, -0.2) is 18.0 Å². The number of benzene rings is 1. The summed E-state index contributed by atoms with van der Waals surface area (Å²) < 4.78 is 7.56. The predicted molar refractivity (Wildman–Crippen MR) is 68.6 cm³/mol. The number of hydrogen-bond donors (Lipinski definition) is 0. The molecule has 3 heteroatoms. The largest absolute Gasteiger partial charge is 0.496 e. The second kappa shape index (κ2) is 4.62. The Kier molecular flexibility index (Phi) is 3.18. The monoisotopic (exact) mass is 231 g/mol. The summed E-state index contributed by atoms with van der Waals surface area (Å²) in [5.41, 5.74) is 2.15. The molecule has 1 heterocycles. The van der Waals surface area contributed by atoms with Crippen molar-refractivity contribution in [2.75, 3.05) is 7.11 Å². The van der Waals surface area contributed by atoms with Gasteiger partial charge in [-0.3, -0.25) is 0 Å². The topological polar surface area (TPSA) is 31.2 Å². The molecule has 0 bridgehead atoms. The van der Waals surface area contributed by atoms with Gasteiger partial charge in [0.25, 0.3) is 0 Å². The van der Waals surface area contributed by atoms with E-state index in [1.807, 2.05) is 18.3 Å². The third-order valence-corrected chi connectivity index (χ3v) is 2.98. The Morgan fingerprint density at radius 1 is 1.41 bits per heavy atom.